The summed E-state index contributed by atoms with van der Waals surface area (Å²) in [5.41, 5.74) is 0. The third-order valence-corrected chi connectivity index (χ3v) is 1.28. The van der Waals surface area contributed by atoms with Crippen molar-refractivity contribution < 1.29 is 5.11 Å². The van der Waals surface area contributed by atoms with Crippen LogP contribution in [-0.2, 0) is 6.42 Å². The second-order valence-electron chi connectivity index (χ2n) is 2.09. The Kier molecular flexibility index (Phi) is 2.33. The summed E-state index contributed by atoms with van der Waals surface area (Å²) in [5, 5.41) is 22.2. The first-order valence-corrected chi connectivity index (χ1v) is 3.23. The molecule has 0 aliphatic rings. The van der Waals surface area contributed by atoms with Crippen LogP contribution in [0.4, 0.5) is 0 Å². The number of H-pyrrole nitrogens is 1. The molecule has 1 heterocycles. The molecule has 1 atom stereocenters. The summed E-state index contributed by atoms with van der Waals surface area (Å²) in [7, 11) is 0. The van der Waals surface area contributed by atoms with Gasteiger partial charge in [-0.25, -0.2) is 0 Å². The third kappa shape index (κ3) is 1.77. The number of hydrogen-bond donors (Lipinski definition) is 2. The fourth-order valence-electron chi connectivity index (χ4n) is 0.624. The highest BCUT2D eigenvalue weighted by Crippen LogP contribution is 1.96. The Morgan fingerprint density at radius 3 is 3.00 bits per heavy atom. The second-order valence-corrected chi connectivity index (χ2v) is 2.09. The molecule has 56 valence electrons. The quantitative estimate of drug-likeness (QED) is 0.597. The second kappa shape index (κ2) is 3.26. The molecule has 5 heteroatoms. The van der Waals surface area contributed by atoms with E-state index in [1.807, 2.05) is 6.92 Å². The van der Waals surface area contributed by atoms with E-state index in [0.717, 1.165) is 0 Å². The highest BCUT2D eigenvalue weighted by Gasteiger charge is 2.05. The van der Waals surface area contributed by atoms with Gasteiger partial charge in [-0.15, -0.1) is 10.2 Å². The number of nitrogens with one attached hydrogen (secondary N) is 1. The van der Waals surface area contributed by atoms with Gasteiger partial charge in [-0.05, 0) is 6.42 Å². The van der Waals surface area contributed by atoms with E-state index in [1.54, 1.807) is 0 Å². The van der Waals surface area contributed by atoms with E-state index in [2.05, 4.69) is 20.6 Å². The van der Waals surface area contributed by atoms with Gasteiger partial charge in [0.1, 0.15) is 0 Å². The normalized spacial score (nSPS) is 13.4. The average molecular weight is 142 g/mol. The van der Waals surface area contributed by atoms with Gasteiger partial charge in [0.15, 0.2) is 5.82 Å². The molecule has 0 fully saturated rings. The summed E-state index contributed by atoms with van der Waals surface area (Å²) in [6.07, 6.45) is 0.847. The summed E-state index contributed by atoms with van der Waals surface area (Å²) in [5.74, 6) is 0.564. The van der Waals surface area contributed by atoms with E-state index >= 15 is 0 Å². The fourth-order valence-corrected chi connectivity index (χ4v) is 0.624. The van der Waals surface area contributed by atoms with Crippen molar-refractivity contribution in [3.05, 3.63) is 5.82 Å². The molecular formula is C5H10N4O. The maximum atomic E-state index is 9.11. The van der Waals surface area contributed by atoms with Crippen LogP contribution in [0.15, 0.2) is 0 Å². The predicted octanol–water partition coefficient (Wildman–Crippen LogP) is -0.487. The fraction of sp³-hybridized carbons (Fsp3) is 0.800. The Hall–Kier alpha value is -0.970. The number of aromatic amines is 1. The summed E-state index contributed by atoms with van der Waals surface area (Å²) >= 11 is 0. The van der Waals surface area contributed by atoms with Gasteiger partial charge >= 0.3 is 0 Å². The number of nitrogens with zero attached hydrogens (tertiary/aromatic N) is 3. The maximum absolute atomic E-state index is 9.11. The Morgan fingerprint density at radius 2 is 2.50 bits per heavy atom. The molecule has 1 unspecified atom stereocenters. The molecule has 0 saturated carbocycles. The number of hydrogen-bond acceptors (Lipinski definition) is 4. The third-order valence-electron chi connectivity index (χ3n) is 1.28. The molecule has 0 aliphatic heterocycles. The lowest BCUT2D eigenvalue weighted by Crippen LogP contribution is -2.09. The summed E-state index contributed by atoms with van der Waals surface area (Å²) in [6.45, 7) is 1.91. The van der Waals surface area contributed by atoms with Crippen LogP contribution in [0.2, 0.25) is 0 Å². The number of aliphatic hydroxyl groups excluding tert-OH is 1. The van der Waals surface area contributed by atoms with Gasteiger partial charge in [0, 0.05) is 6.42 Å². The van der Waals surface area contributed by atoms with E-state index in [9.17, 15) is 0 Å². The van der Waals surface area contributed by atoms with Crippen molar-refractivity contribution in [3.8, 4) is 0 Å². The highest BCUT2D eigenvalue weighted by atomic mass is 16.3. The Morgan fingerprint density at radius 1 is 1.70 bits per heavy atom. The molecule has 1 aromatic rings. The van der Waals surface area contributed by atoms with Crippen LogP contribution in [0.25, 0.3) is 0 Å². The van der Waals surface area contributed by atoms with Crippen LogP contribution in [0.3, 0.4) is 0 Å². The van der Waals surface area contributed by atoms with Gasteiger partial charge in [-0.3, -0.25) is 0 Å². The van der Waals surface area contributed by atoms with E-state index in [-0.39, 0.29) is 6.10 Å². The van der Waals surface area contributed by atoms with E-state index < -0.39 is 0 Å². The number of tetrazole rings is 1. The van der Waals surface area contributed by atoms with Gasteiger partial charge in [-0.1, -0.05) is 12.1 Å². The molecule has 0 aliphatic carbocycles. The number of aliphatic hydroxyl groups is 1. The molecule has 2 N–H and O–H groups in total. The van der Waals surface area contributed by atoms with Crippen LogP contribution in [0.1, 0.15) is 19.2 Å². The maximum Gasteiger partial charge on any atom is 0.177 e. The lowest BCUT2D eigenvalue weighted by atomic mass is 10.2. The SMILES string of the molecule is CCC(O)Cc1nn[nH]n1. The zero-order valence-corrected chi connectivity index (χ0v) is 5.78. The molecule has 0 bridgehead atoms. The lowest BCUT2D eigenvalue weighted by Gasteiger charge is -2.00. The monoisotopic (exact) mass is 142 g/mol. The Labute approximate surface area is 58.5 Å². The van der Waals surface area contributed by atoms with Crippen molar-refractivity contribution in [2.75, 3.05) is 0 Å². The van der Waals surface area contributed by atoms with E-state index in [4.69, 9.17) is 5.11 Å². The van der Waals surface area contributed by atoms with Gasteiger partial charge in [-0.2, -0.15) is 5.21 Å². The first kappa shape index (κ1) is 7.14. The smallest absolute Gasteiger partial charge is 0.177 e. The van der Waals surface area contributed by atoms with Crippen LogP contribution in [-0.4, -0.2) is 31.8 Å². The molecule has 1 aromatic heterocycles. The van der Waals surface area contributed by atoms with Crippen LogP contribution in [0, 0.1) is 0 Å². The minimum absolute atomic E-state index is 0.349. The lowest BCUT2D eigenvalue weighted by molar-refractivity contribution is 0.168. The number of rotatable bonds is 3. The summed E-state index contributed by atoms with van der Waals surface area (Å²) in [6, 6.07) is 0. The zero-order chi connectivity index (χ0) is 7.40. The molecular weight excluding hydrogens is 132 g/mol. The minimum Gasteiger partial charge on any atom is -0.393 e. The molecule has 0 spiro atoms. The van der Waals surface area contributed by atoms with Crippen LogP contribution in [0.5, 0.6) is 0 Å². The van der Waals surface area contributed by atoms with Crippen molar-refractivity contribution >= 4 is 0 Å². The van der Waals surface area contributed by atoms with Crippen molar-refractivity contribution in [1.82, 2.24) is 20.6 Å². The molecule has 10 heavy (non-hydrogen) atoms. The average Bonchev–Trinajstić information content (AvgIpc) is 2.40. The van der Waals surface area contributed by atoms with Gasteiger partial charge in [0.25, 0.3) is 0 Å². The van der Waals surface area contributed by atoms with Gasteiger partial charge in [0.05, 0.1) is 6.10 Å². The number of aromatic nitrogens is 4. The van der Waals surface area contributed by atoms with E-state index in [0.29, 0.717) is 18.7 Å². The molecule has 0 radical (unpaired) electrons. The predicted molar refractivity (Wildman–Crippen MR) is 34.2 cm³/mol. The minimum atomic E-state index is -0.349. The molecule has 0 saturated heterocycles. The van der Waals surface area contributed by atoms with Crippen molar-refractivity contribution in [2.24, 2.45) is 0 Å². The Bertz CT molecular complexity index is 174. The molecule has 5 nitrogen and oxygen atoms in total. The topological polar surface area (TPSA) is 74.7 Å². The van der Waals surface area contributed by atoms with Gasteiger partial charge < -0.3 is 5.11 Å². The summed E-state index contributed by atoms with van der Waals surface area (Å²) in [4.78, 5) is 0. The van der Waals surface area contributed by atoms with Crippen LogP contribution >= 0.6 is 0 Å². The molecule has 0 aromatic carbocycles. The summed E-state index contributed by atoms with van der Waals surface area (Å²) < 4.78 is 0. The zero-order valence-electron chi connectivity index (χ0n) is 5.78. The molecule has 0 amide bonds. The van der Waals surface area contributed by atoms with Crippen molar-refractivity contribution in [1.29, 1.82) is 0 Å². The van der Waals surface area contributed by atoms with Crippen LogP contribution < -0.4 is 0 Å². The Balaban J connectivity index is 2.40. The standard InChI is InChI=1S/C5H10N4O/c1-2-4(10)3-5-6-8-9-7-5/h4,10H,2-3H2,1H3,(H,6,7,8,9). The van der Waals surface area contributed by atoms with Crippen molar-refractivity contribution in [2.45, 2.75) is 25.9 Å². The largest absolute Gasteiger partial charge is 0.393 e. The van der Waals surface area contributed by atoms with E-state index in [1.165, 1.54) is 0 Å². The first-order chi connectivity index (χ1) is 4.83. The van der Waals surface area contributed by atoms with Gasteiger partial charge in [0.2, 0.25) is 0 Å². The van der Waals surface area contributed by atoms with Crippen molar-refractivity contribution in [3.63, 3.8) is 0 Å². The molecule has 1 rings (SSSR count). The highest BCUT2D eigenvalue weighted by molar-refractivity contribution is 4.79. The first-order valence-electron chi connectivity index (χ1n) is 3.23.